The highest BCUT2D eigenvalue weighted by molar-refractivity contribution is 6.57. The van der Waals surface area contributed by atoms with E-state index in [1.807, 2.05) is 0 Å². The lowest BCUT2D eigenvalue weighted by Gasteiger charge is -2.14. The van der Waals surface area contributed by atoms with Crippen molar-refractivity contribution < 1.29 is 40.8 Å². The molecule has 0 spiro atoms. The molecule has 0 aliphatic rings. The third kappa shape index (κ3) is 4.85. The maximum Gasteiger partial charge on any atom is 0.495 e. The molecule has 0 aromatic heterocycles. The SMILES string of the molecule is CO[Si](O)(O)CCCNC(=O)Nc1c(F)c(F)c(F)c(F)c1F. The number of rotatable bonds is 6. The lowest BCUT2D eigenvalue weighted by atomic mass is 10.2. The monoisotopic (exact) mass is 360 g/mol. The zero-order valence-electron chi connectivity index (χ0n) is 11.7. The lowest BCUT2D eigenvalue weighted by molar-refractivity contribution is 0.183. The van der Waals surface area contributed by atoms with E-state index in [0.717, 1.165) is 7.11 Å². The number of hydrogen-bond acceptors (Lipinski definition) is 4. The van der Waals surface area contributed by atoms with Crippen molar-refractivity contribution in [2.45, 2.75) is 12.5 Å². The molecule has 1 aromatic rings. The summed E-state index contributed by atoms with van der Waals surface area (Å²) >= 11 is 0. The Morgan fingerprint density at radius 2 is 1.52 bits per heavy atom. The second-order valence-corrected chi connectivity index (χ2v) is 6.77. The van der Waals surface area contributed by atoms with E-state index >= 15 is 0 Å². The number of anilines is 1. The molecular weight excluding hydrogens is 347 g/mol. The van der Waals surface area contributed by atoms with E-state index in [1.165, 1.54) is 5.32 Å². The van der Waals surface area contributed by atoms with Gasteiger partial charge in [0.2, 0.25) is 5.82 Å². The summed E-state index contributed by atoms with van der Waals surface area (Å²) < 4.78 is 69.7. The van der Waals surface area contributed by atoms with Crippen LogP contribution >= 0.6 is 0 Å². The van der Waals surface area contributed by atoms with Gasteiger partial charge in [-0.1, -0.05) is 0 Å². The minimum absolute atomic E-state index is 0.0532. The average Bonchev–Trinajstić information content (AvgIpc) is 2.52. The van der Waals surface area contributed by atoms with Crippen molar-refractivity contribution in [3.63, 3.8) is 0 Å². The zero-order chi connectivity index (χ0) is 17.8. The molecule has 0 saturated heterocycles. The molecule has 0 aliphatic carbocycles. The van der Waals surface area contributed by atoms with Gasteiger partial charge in [0.1, 0.15) is 5.69 Å². The molecule has 2 amide bonds. The van der Waals surface area contributed by atoms with Gasteiger partial charge in [0.25, 0.3) is 0 Å². The van der Waals surface area contributed by atoms with Gasteiger partial charge in [-0.2, -0.15) is 0 Å². The van der Waals surface area contributed by atoms with Crippen molar-refractivity contribution in [1.29, 1.82) is 0 Å². The van der Waals surface area contributed by atoms with Gasteiger partial charge < -0.3 is 24.7 Å². The third-order valence-corrected chi connectivity index (χ3v) is 4.40. The molecular formula is C11H13F5N2O4Si. The quantitative estimate of drug-likeness (QED) is 0.203. The maximum absolute atomic E-state index is 13.3. The summed E-state index contributed by atoms with van der Waals surface area (Å²) in [7, 11) is -2.70. The third-order valence-electron chi connectivity index (χ3n) is 2.74. The van der Waals surface area contributed by atoms with Crippen LogP contribution in [-0.2, 0) is 4.43 Å². The summed E-state index contributed by atoms with van der Waals surface area (Å²) in [6, 6.07) is -1.39. The Morgan fingerprint density at radius 1 is 1.04 bits per heavy atom. The summed E-state index contributed by atoms with van der Waals surface area (Å²) in [4.78, 5) is 29.8. The van der Waals surface area contributed by atoms with Crippen LogP contribution in [0, 0.1) is 29.1 Å². The van der Waals surface area contributed by atoms with Gasteiger partial charge in [-0.3, -0.25) is 0 Å². The highest BCUT2D eigenvalue weighted by Crippen LogP contribution is 2.26. The van der Waals surface area contributed by atoms with E-state index in [4.69, 9.17) is 0 Å². The number of nitrogens with one attached hydrogen (secondary N) is 2. The molecule has 0 saturated carbocycles. The Bertz CT molecular complexity index is 573. The molecule has 130 valence electrons. The highest BCUT2D eigenvalue weighted by atomic mass is 28.4. The van der Waals surface area contributed by atoms with Crippen LogP contribution in [-0.4, -0.2) is 38.1 Å². The van der Waals surface area contributed by atoms with Crippen LogP contribution in [0.15, 0.2) is 0 Å². The number of halogens is 5. The molecule has 0 radical (unpaired) electrons. The Kier molecular flexibility index (Phi) is 6.43. The van der Waals surface area contributed by atoms with Crippen LogP contribution in [0.5, 0.6) is 0 Å². The van der Waals surface area contributed by atoms with Crippen molar-refractivity contribution in [3.05, 3.63) is 29.1 Å². The molecule has 0 fully saturated rings. The fraction of sp³-hybridized carbons (Fsp3) is 0.364. The molecule has 23 heavy (non-hydrogen) atoms. The predicted molar refractivity (Wildman–Crippen MR) is 69.9 cm³/mol. The van der Waals surface area contributed by atoms with Crippen LogP contribution in [0.1, 0.15) is 6.42 Å². The number of benzene rings is 1. The van der Waals surface area contributed by atoms with Crippen LogP contribution in [0.25, 0.3) is 0 Å². The van der Waals surface area contributed by atoms with Gasteiger partial charge >= 0.3 is 14.8 Å². The number of carbonyl (C=O) groups is 1. The molecule has 0 aliphatic heterocycles. The highest BCUT2D eigenvalue weighted by Gasteiger charge is 2.30. The van der Waals surface area contributed by atoms with Crippen LogP contribution in [0.3, 0.4) is 0 Å². The number of amides is 2. The van der Waals surface area contributed by atoms with Crippen molar-refractivity contribution in [3.8, 4) is 0 Å². The minimum Gasteiger partial charge on any atom is -0.390 e. The van der Waals surface area contributed by atoms with E-state index in [-0.39, 0.29) is 19.0 Å². The van der Waals surface area contributed by atoms with Crippen LogP contribution in [0.4, 0.5) is 32.4 Å². The summed E-state index contributed by atoms with van der Waals surface area (Å²) in [5, 5.41) is 3.57. The van der Waals surface area contributed by atoms with Crippen molar-refractivity contribution in [2.24, 2.45) is 0 Å². The lowest BCUT2D eigenvalue weighted by Crippen LogP contribution is -2.38. The normalized spacial score (nSPS) is 11.5. The summed E-state index contributed by atoms with van der Waals surface area (Å²) in [5.41, 5.74) is -1.48. The summed E-state index contributed by atoms with van der Waals surface area (Å²) in [6.45, 7) is -0.152. The fourth-order valence-electron chi connectivity index (χ4n) is 1.50. The molecule has 12 heteroatoms. The molecule has 4 N–H and O–H groups in total. The molecule has 1 aromatic carbocycles. The van der Waals surface area contributed by atoms with E-state index in [0.29, 0.717) is 0 Å². The number of carbonyl (C=O) groups excluding carboxylic acids is 1. The first-order chi connectivity index (χ1) is 10.6. The standard InChI is InChI=1S/C11H13F5N2O4Si/c1-22-23(20,21)4-2-3-17-11(19)18-10-8(15)6(13)5(12)7(14)9(10)16/h20-21H,2-4H2,1H3,(H2,17,18,19). The minimum atomic E-state index is -3.80. The second kappa shape index (κ2) is 7.67. The van der Waals surface area contributed by atoms with Gasteiger partial charge in [-0.15, -0.1) is 0 Å². The second-order valence-electron chi connectivity index (χ2n) is 4.38. The molecule has 6 nitrogen and oxygen atoms in total. The van der Waals surface area contributed by atoms with Gasteiger partial charge in [0, 0.05) is 19.7 Å². The molecule has 0 unspecified atom stereocenters. The number of urea groups is 1. The van der Waals surface area contributed by atoms with Gasteiger partial charge in [0.15, 0.2) is 23.3 Å². The van der Waals surface area contributed by atoms with Gasteiger partial charge in [0.05, 0.1) is 0 Å². The van der Waals surface area contributed by atoms with Crippen molar-refractivity contribution in [1.82, 2.24) is 5.32 Å². The Hall–Kier alpha value is -1.76. The van der Waals surface area contributed by atoms with Gasteiger partial charge in [-0.05, 0) is 6.42 Å². The number of hydrogen-bond donors (Lipinski definition) is 4. The van der Waals surface area contributed by atoms with E-state index in [2.05, 4.69) is 9.74 Å². The maximum atomic E-state index is 13.3. The first-order valence-electron chi connectivity index (χ1n) is 6.17. The molecule has 0 bridgehead atoms. The summed E-state index contributed by atoms with van der Waals surface area (Å²) in [5.74, 6) is -11.1. The van der Waals surface area contributed by atoms with E-state index in [9.17, 15) is 36.3 Å². The first kappa shape index (κ1) is 19.3. The van der Waals surface area contributed by atoms with Crippen molar-refractivity contribution in [2.75, 3.05) is 19.0 Å². The molecule has 0 heterocycles. The first-order valence-corrected chi connectivity index (χ1v) is 8.18. The average molecular weight is 360 g/mol. The van der Waals surface area contributed by atoms with Crippen molar-refractivity contribution >= 4 is 20.5 Å². The Morgan fingerprint density at radius 3 is 2.00 bits per heavy atom. The van der Waals surface area contributed by atoms with Crippen LogP contribution in [0.2, 0.25) is 6.04 Å². The largest absolute Gasteiger partial charge is 0.495 e. The molecule has 1 rings (SSSR count). The zero-order valence-corrected chi connectivity index (χ0v) is 12.7. The smallest absolute Gasteiger partial charge is 0.390 e. The van der Waals surface area contributed by atoms with Gasteiger partial charge in [-0.25, -0.2) is 26.7 Å². The van der Waals surface area contributed by atoms with Crippen LogP contribution < -0.4 is 10.6 Å². The fourth-order valence-corrected chi connectivity index (χ4v) is 2.34. The Balaban J connectivity index is 2.66. The Labute approximate surface area is 128 Å². The topological polar surface area (TPSA) is 90.8 Å². The van der Waals surface area contributed by atoms with E-state index in [1.54, 1.807) is 0 Å². The predicted octanol–water partition coefficient (Wildman–Crippen LogP) is 1.46. The molecule has 0 atom stereocenters. The summed E-state index contributed by atoms with van der Waals surface area (Å²) in [6.07, 6.45) is 0.0532. The van der Waals surface area contributed by atoms with E-state index < -0.39 is 49.6 Å².